The van der Waals surface area contributed by atoms with Crippen molar-refractivity contribution in [1.82, 2.24) is 0 Å². The van der Waals surface area contributed by atoms with Crippen LogP contribution in [0.4, 0.5) is 5.69 Å². The summed E-state index contributed by atoms with van der Waals surface area (Å²) in [5.41, 5.74) is 7.15. The molecule has 0 saturated heterocycles. The minimum absolute atomic E-state index is 0.0922. The zero-order valence-electron chi connectivity index (χ0n) is 11.0. The van der Waals surface area contributed by atoms with Crippen LogP contribution in [0.2, 0.25) is 0 Å². The lowest BCUT2D eigenvalue weighted by Gasteiger charge is -2.18. The first kappa shape index (κ1) is 15.0. The van der Waals surface area contributed by atoms with Crippen molar-refractivity contribution in [2.24, 2.45) is 5.73 Å². The number of aromatic carboxylic acids is 1. The van der Waals surface area contributed by atoms with Crippen LogP contribution >= 0.6 is 11.3 Å². The first-order valence-corrected chi connectivity index (χ1v) is 7.00. The molecule has 0 aliphatic carbocycles. The van der Waals surface area contributed by atoms with Crippen LogP contribution < -0.4 is 15.8 Å². The molecular formula is C14H14N2O4S. The van der Waals surface area contributed by atoms with E-state index in [1.807, 2.05) is 18.2 Å². The molecule has 6 nitrogen and oxygen atoms in total. The number of carbonyl (C=O) groups excluding carboxylic acids is 1. The molecular weight excluding hydrogens is 292 g/mol. The molecule has 2 heterocycles. The number of anilines is 1. The normalized spacial score (nSPS) is 12.3. The maximum absolute atomic E-state index is 11.0. The topological polar surface area (TPSA) is 102 Å². The van der Waals surface area contributed by atoms with E-state index in [4.69, 9.17) is 15.6 Å². The molecule has 1 aromatic heterocycles. The van der Waals surface area contributed by atoms with E-state index in [0.29, 0.717) is 22.9 Å². The number of carbonyl (C=O) groups is 2. The van der Waals surface area contributed by atoms with Crippen molar-refractivity contribution >= 4 is 28.9 Å². The molecule has 2 aromatic rings. The molecule has 0 saturated carbocycles. The van der Waals surface area contributed by atoms with E-state index in [2.05, 4.69) is 5.32 Å². The summed E-state index contributed by atoms with van der Waals surface area (Å²) < 4.78 is 5.18. The molecule has 21 heavy (non-hydrogen) atoms. The zero-order valence-corrected chi connectivity index (χ0v) is 11.9. The number of carboxylic acid groups (broad SMARTS) is 1. The van der Waals surface area contributed by atoms with Gasteiger partial charge in [0.15, 0.2) is 6.61 Å². The summed E-state index contributed by atoms with van der Waals surface area (Å²) in [7, 11) is 0. The fourth-order valence-corrected chi connectivity index (χ4v) is 2.22. The van der Waals surface area contributed by atoms with Crippen molar-refractivity contribution in [3.05, 3.63) is 46.2 Å². The molecule has 1 aromatic carbocycles. The van der Waals surface area contributed by atoms with Gasteiger partial charge in [0.25, 0.3) is 5.91 Å². The lowest BCUT2D eigenvalue weighted by molar-refractivity contribution is -0.118. The first-order chi connectivity index (χ1) is 10.1. The predicted molar refractivity (Wildman–Crippen MR) is 79.7 cm³/mol. The van der Waals surface area contributed by atoms with E-state index in [1.54, 1.807) is 17.5 Å². The fourth-order valence-electron chi connectivity index (χ4n) is 1.66. The number of ether oxygens (including phenoxy) is 1. The Morgan fingerprint density at radius 3 is 2.81 bits per heavy atom. The van der Waals surface area contributed by atoms with Gasteiger partial charge >= 0.3 is 5.97 Å². The fraction of sp³-hybridized carbons (Fsp3) is 0.143. The molecule has 1 amide bonds. The molecule has 0 radical (unpaired) electrons. The lowest BCUT2D eigenvalue weighted by atomic mass is 10.1. The molecule has 1 aliphatic heterocycles. The number of benzene rings is 1. The van der Waals surface area contributed by atoms with Gasteiger partial charge in [-0.1, -0.05) is 12.1 Å². The monoisotopic (exact) mass is 306 g/mol. The highest BCUT2D eigenvalue weighted by molar-refractivity contribution is 7.11. The highest BCUT2D eigenvalue weighted by Crippen LogP contribution is 2.28. The largest absolute Gasteiger partial charge is 0.482 e. The van der Waals surface area contributed by atoms with Crippen LogP contribution in [0, 0.1) is 0 Å². The van der Waals surface area contributed by atoms with Gasteiger partial charge in [0.1, 0.15) is 10.6 Å². The van der Waals surface area contributed by atoms with Crippen LogP contribution in [-0.4, -0.2) is 23.6 Å². The number of hydrogen-bond donors (Lipinski definition) is 3. The predicted octanol–water partition coefficient (Wildman–Crippen LogP) is 1.92. The van der Waals surface area contributed by atoms with E-state index >= 15 is 0 Å². The van der Waals surface area contributed by atoms with Crippen molar-refractivity contribution in [3.63, 3.8) is 0 Å². The van der Waals surface area contributed by atoms with E-state index < -0.39 is 5.97 Å². The molecule has 0 atom stereocenters. The van der Waals surface area contributed by atoms with Gasteiger partial charge < -0.3 is 20.9 Å². The third kappa shape index (κ3) is 4.04. The van der Waals surface area contributed by atoms with Crippen molar-refractivity contribution in [1.29, 1.82) is 0 Å². The quantitative estimate of drug-likeness (QED) is 0.787. The number of rotatable bonds is 2. The molecule has 110 valence electrons. The van der Waals surface area contributed by atoms with E-state index in [-0.39, 0.29) is 12.5 Å². The summed E-state index contributed by atoms with van der Waals surface area (Å²) in [6.07, 6.45) is 0. The Balaban J connectivity index is 0.000000173. The molecule has 7 heteroatoms. The number of nitrogens with two attached hydrogens (primary N) is 1. The molecule has 0 spiro atoms. The Labute approximate surface area is 125 Å². The van der Waals surface area contributed by atoms with Crippen LogP contribution in [0.1, 0.15) is 15.2 Å². The molecule has 0 fully saturated rings. The van der Waals surface area contributed by atoms with Crippen molar-refractivity contribution in [2.45, 2.75) is 6.54 Å². The third-order valence-electron chi connectivity index (χ3n) is 2.64. The smallest absolute Gasteiger partial charge is 0.345 e. The average molecular weight is 306 g/mol. The van der Waals surface area contributed by atoms with E-state index in [9.17, 15) is 9.59 Å². The summed E-state index contributed by atoms with van der Waals surface area (Å²) >= 11 is 1.23. The van der Waals surface area contributed by atoms with Gasteiger partial charge in [-0.3, -0.25) is 4.79 Å². The lowest BCUT2D eigenvalue weighted by Crippen LogP contribution is -2.25. The standard InChI is InChI=1S/C9H10N2O2.C5H4O2S/c10-4-6-1-2-8-7(3-6)11-9(12)5-13-8;6-5(7)4-2-1-3-8-4/h1-3H,4-5,10H2,(H,11,12);1-3H,(H,6,7). The number of thiophene rings is 1. The van der Waals surface area contributed by atoms with Crippen molar-refractivity contribution < 1.29 is 19.4 Å². The van der Waals surface area contributed by atoms with Gasteiger partial charge in [-0.25, -0.2) is 4.79 Å². The van der Waals surface area contributed by atoms with Crippen molar-refractivity contribution in [2.75, 3.05) is 11.9 Å². The summed E-state index contributed by atoms with van der Waals surface area (Å²) in [5.74, 6) is -0.265. The molecule has 1 aliphatic rings. The average Bonchev–Trinajstić information content (AvgIpc) is 3.01. The summed E-state index contributed by atoms with van der Waals surface area (Å²) in [5, 5.41) is 12.7. The van der Waals surface area contributed by atoms with Gasteiger partial charge in [-0.15, -0.1) is 11.3 Å². The number of fused-ring (bicyclic) bond motifs is 1. The summed E-state index contributed by atoms with van der Waals surface area (Å²) in [6.45, 7) is 0.554. The minimum Gasteiger partial charge on any atom is -0.482 e. The van der Waals surface area contributed by atoms with Crippen LogP contribution in [0.25, 0.3) is 0 Å². The van der Waals surface area contributed by atoms with Gasteiger partial charge in [0.05, 0.1) is 5.69 Å². The number of hydrogen-bond acceptors (Lipinski definition) is 5. The third-order valence-corrected chi connectivity index (χ3v) is 3.50. The maximum Gasteiger partial charge on any atom is 0.345 e. The van der Waals surface area contributed by atoms with Gasteiger partial charge in [-0.05, 0) is 29.1 Å². The van der Waals surface area contributed by atoms with E-state index in [0.717, 1.165) is 5.56 Å². The van der Waals surface area contributed by atoms with Crippen LogP contribution in [-0.2, 0) is 11.3 Å². The SMILES string of the molecule is NCc1ccc2c(c1)NC(=O)CO2.O=C(O)c1cccs1. The Kier molecular flexibility index (Phi) is 4.91. The van der Waals surface area contributed by atoms with Crippen molar-refractivity contribution in [3.8, 4) is 5.75 Å². The van der Waals surface area contributed by atoms with Gasteiger partial charge in [0.2, 0.25) is 0 Å². The molecule has 4 N–H and O–H groups in total. The van der Waals surface area contributed by atoms with Crippen LogP contribution in [0.3, 0.4) is 0 Å². The van der Waals surface area contributed by atoms with Gasteiger partial charge in [-0.2, -0.15) is 0 Å². The Bertz CT molecular complexity index is 640. The second kappa shape index (κ2) is 6.87. The highest BCUT2D eigenvalue weighted by Gasteiger charge is 2.15. The zero-order chi connectivity index (χ0) is 15.2. The number of carboxylic acids is 1. The summed E-state index contributed by atoms with van der Waals surface area (Å²) in [4.78, 5) is 21.4. The Morgan fingerprint density at radius 2 is 2.24 bits per heavy atom. The Hall–Kier alpha value is -2.38. The second-order valence-electron chi connectivity index (χ2n) is 4.15. The van der Waals surface area contributed by atoms with Crippen LogP contribution in [0.15, 0.2) is 35.7 Å². The first-order valence-electron chi connectivity index (χ1n) is 6.12. The summed E-state index contributed by atoms with van der Waals surface area (Å²) in [6, 6.07) is 8.82. The van der Waals surface area contributed by atoms with Gasteiger partial charge in [0, 0.05) is 6.54 Å². The Morgan fingerprint density at radius 1 is 1.43 bits per heavy atom. The molecule has 0 unspecified atom stereocenters. The van der Waals surface area contributed by atoms with E-state index in [1.165, 1.54) is 11.3 Å². The number of nitrogens with one attached hydrogen (secondary N) is 1. The molecule has 3 rings (SSSR count). The van der Waals surface area contributed by atoms with Crippen LogP contribution in [0.5, 0.6) is 5.75 Å². The minimum atomic E-state index is -0.847. The number of amides is 1. The maximum atomic E-state index is 11.0. The highest BCUT2D eigenvalue weighted by atomic mass is 32.1. The second-order valence-corrected chi connectivity index (χ2v) is 5.10. The molecule has 0 bridgehead atoms.